The van der Waals surface area contributed by atoms with Gasteiger partial charge in [-0.05, 0) is 20.8 Å². The summed E-state index contributed by atoms with van der Waals surface area (Å²) in [6, 6.07) is -0.00556. The zero-order chi connectivity index (χ0) is 11.6. The first-order valence-corrected chi connectivity index (χ1v) is 4.78. The third-order valence-electron chi connectivity index (χ3n) is 1.19. The van der Waals surface area contributed by atoms with Crippen molar-refractivity contribution in [2.75, 3.05) is 19.8 Å². The Balaban J connectivity index is -0.0000000157. The van der Waals surface area contributed by atoms with E-state index in [0.29, 0.717) is 6.61 Å². The Labute approximate surface area is 162 Å². The van der Waals surface area contributed by atoms with Crippen molar-refractivity contribution in [1.82, 2.24) is 0 Å². The Morgan fingerprint density at radius 2 is 1.05 bits per heavy atom. The van der Waals surface area contributed by atoms with Crippen LogP contribution in [0, 0.1) is 0 Å². The molecule has 0 heterocycles. The zero-order valence-corrected chi connectivity index (χ0v) is 12.7. The molecule has 0 aromatic heterocycles. The van der Waals surface area contributed by atoms with Gasteiger partial charge >= 0.3 is 0 Å². The summed E-state index contributed by atoms with van der Waals surface area (Å²) in [6.45, 7) is 6.08. The zero-order valence-electron chi connectivity index (χ0n) is 9.89. The van der Waals surface area contributed by atoms with Crippen molar-refractivity contribution in [2.24, 2.45) is 11.5 Å². The normalized spacial score (nSPS) is 11.0. The average molecular weight is 393 g/mol. The summed E-state index contributed by atoms with van der Waals surface area (Å²) < 4.78 is 5.08. The third-order valence-corrected chi connectivity index (χ3v) is 1.19. The fourth-order valence-corrected chi connectivity index (χ4v) is 0.369. The van der Waals surface area contributed by atoms with Gasteiger partial charge < -0.3 is 26.4 Å². The van der Waals surface area contributed by atoms with Crippen LogP contribution in [0.5, 0.6) is 0 Å². The molecule has 0 spiro atoms. The fraction of sp³-hybridized carbons (Fsp3) is 1.00. The van der Waals surface area contributed by atoms with Crippen LogP contribution in [0.2, 0.25) is 0 Å². The van der Waals surface area contributed by atoms with Crippen LogP contribution in [-0.4, -0.2) is 48.2 Å². The van der Waals surface area contributed by atoms with E-state index in [1.807, 2.05) is 13.8 Å². The van der Waals surface area contributed by atoms with Crippen molar-refractivity contribution in [3.05, 3.63) is 0 Å². The predicted molar refractivity (Wildman–Crippen MR) is 97.3 cm³/mol. The van der Waals surface area contributed by atoms with Gasteiger partial charge in [-0.1, -0.05) is 44.6 Å². The number of rotatable bonds is 5. The van der Waals surface area contributed by atoms with Gasteiger partial charge in [-0.2, -0.15) is 0 Å². The number of nitrogens with two attached hydrogens (primary N) is 2. The van der Waals surface area contributed by atoms with Crippen LogP contribution in [-0.2, 0) is 37.4 Å². The Morgan fingerprint density at radius 1 is 0.762 bits per heavy atom. The topological polar surface area (TPSA) is 102 Å². The number of aliphatic hydroxyl groups is 2. The molecule has 139 valence electrons. The average Bonchev–Trinajstić information content (AvgIpc) is 2.14. The van der Waals surface area contributed by atoms with Crippen LogP contribution >= 0.6 is 0 Å². The van der Waals surface area contributed by atoms with Crippen LogP contribution in [0.1, 0.15) is 65.3 Å². The van der Waals surface area contributed by atoms with E-state index in [-0.39, 0.29) is 109 Å². The molecule has 0 bridgehead atoms. The molecule has 6 N–H and O–H groups in total. The summed E-state index contributed by atoms with van der Waals surface area (Å²) in [7, 11) is 0. The molecule has 3 unspecified atom stereocenters. The summed E-state index contributed by atoms with van der Waals surface area (Å²) >= 11 is 0. The van der Waals surface area contributed by atoms with Gasteiger partial charge in [-0.3, -0.25) is 0 Å². The first-order valence-electron chi connectivity index (χ1n) is 4.78. The van der Waals surface area contributed by atoms with Crippen LogP contribution in [0.15, 0.2) is 0 Å². The van der Waals surface area contributed by atoms with Crippen molar-refractivity contribution < 1.29 is 47.7 Å². The molecule has 0 fully saturated rings. The van der Waals surface area contributed by atoms with E-state index >= 15 is 0 Å². The summed E-state index contributed by atoms with van der Waals surface area (Å²) in [5.41, 5.74) is 10.4. The van der Waals surface area contributed by atoms with E-state index in [2.05, 4.69) is 0 Å². The Hall–Kier alpha value is 0.904. The predicted octanol–water partition coefficient (Wildman–Crippen LogP) is 2.87. The summed E-state index contributed by atoms with van der Waals surface area (Å²) in [5, 5.41) is 16.5. The van der Waals surface area contributed by atoms with Crippen molar-refractivity contribution in [3.8, 4) is 0 Å². The molecule has 21 heavy (non-hydrogen) atoms. The van der Waals surface area contributed by atoms with Gasteiger partial charge in [0.25, 0.3) is 0 Å². The van der Waals surface area contributed by atoms with Crippen LogP contribution in [0.25, 0.3) is 0 Å². The van der Waals surface area contributed by atoms with Crippen LogP contribution < -0.4 is 11.5 Å². The minimum absolute atomic E-state index is 0. The largest absolute Gasteiger partial charge is 0.395 e. The van der Waals surface area contributed by atoms with E-state index in [4.69, 9.17) is 26.4 Å². The van der Waals surface area contributed by atoms with Crippen molar-refractivity contribution >= 4 is 0 Å². The maximum atomic E-state index is 8.48. The standard InChI is InChI=1S/C6H15NO2.C3H9NO.6CH4.Y/c1-5(7)4-9-6(2)3-8;1-3(4)2-5;;;;;;;/h5-6,8H,3-4,7H2,1-2H3;3,5H,2,4H2,1H3;6*1H4;. The third kappa shape index (κ3) is 76.2. The van der Waals surface area contributed by atoms with E-state index in [1.165, 1.54) is 0 Å². The molecule has 6 heteroatoms. The van der Waals surface area contributed by atoms with E-state index < -0.39 is 0 Å². The number of aliphatic hydroxyl groups excluding tert-OH is 2. The molecular formula is C15H48N2O3Y. The van der Waals surface area contributed by atoms with E-state index in [9.17, 15) is 0 Å². The van der Waals surface area contributed by atoms with Gasteiger partial charge in [0.15, 0.2) is 0 Å². The van der Waals surface area contributed by atoms with Gasteiger partial charge in [-0.25, -0.2) is 0 Å². The van der Waals surface area contributed by atoms with Gasteiger partial charge in [-0.15, -0.1) is 0 Å². The molecule has 1 radical (unpaired) electrons. The monoisotopic (exact) mass is 393 g/mol. The molecule has 0 rings (SSSR count). The fourth-order valence-electron chi connectivity index (χ4n) is 0.369. The Kier molecular flexibility index (Phi) is 117. The number of ether oxygens (including phenoxy) is 1. The summed E-state index contributed by atoms with van der Waals surface area (Å²) in [6.07, 6.45) is -0.0870. The minimum Gasteiger partial charge on any atom is -0.395 e. The van der Waals surface area contributed by atoms with Gasteiger partial charge in [0.05, 0.1) is 25.9 Å². The molecule has 0 aromatic rings. The first-order chi connectivity index (χ1) is 6.43. The van der Waals surface area contributed by atoms with Gasteiger partial charge in [0.1, 0.15) is 0 Å². The molecule has 0 saturated carbocycles. The quantitative estimate of drug-likeness (QED) is 0.575. The number of hydrogen-bond acceptors (Lipinski definition) is 5. The smallest absolute Gasteiger partial charge is 0.0778 e. The van der Waals surface area contributed by atoms with Crippen LogP contribution in [0.4, 0.5) is 0 Å². The molecular weight excluding hydrogens is 345 g/mol. The van der Waals surface area contributed by atoms with Crippen molar-refractivity contribution in [1.29, 1.82) is 0 Å². The van der Waals surface area contributed by atoms with E-state index in [0.717, 1.165) is 0 Å². The second-order valence-electron chi connectivity index (χ2n) is 3.46. The molecule has 3 atom stereocenters. The Morgan fingerprint density at radius 3 is 1.19 bits per heavy atom. The molecule has 5 nitrogen and oxygen atoms in total. The maximum absolute atomic E-state index is 8.48. The van der Waals surface area contributed by atoms with Crippen molar-refractivity contribution in [3.63, 3.8) is 0 Å². The van der Waals surface area contributed by atoms with Crippen molar-refractivity contribution in [2.45, 2.75) is 83.5 Å². The molecule has 0 aliphatic heterocycles. The molecule has 0 saturated heterocycles. The van der Waals surface area contributed by atoms with Crippen LogP contribution in [0.3, 0.4) is 0 Å². The summed E-state index contributed by atoms with van der Waals surface area (Å²) in [4.78, 5) is 0. The maximum Gasteiger partial charge on any atom is 0.0778 e. The molecule has 0 amide bonds. The Bertz CT molecular complexity index is 119. The molecule has 0 aromatic carbocycles. The SMILES string of the molecule is C.C.C.C.C.C.CC(N)CO.CC(N)COC(C)CO.[Y]. The summed E-state index contributed by atoms with van der Waals surface area (Å²) in [5.74, 6) is 0. The van der Waals surface area contributed by atoms with E-state index in [1.54, 1.807) is 6.92 Å². The van der Waals surface area contributed by atoms with Gasteiger partial charge in [0.2, 0.25) is 0 Å². The molecule has 0 aliphatic rings. The second kappa shape index (κ2) is 42.8. The second-order valence-corrected chi connectivity index (χ2v) is 3.46. The minimum atomic E-state index is -0.0870. The number of hydrogen-bond donors (Lipinski definition) is 4. The first kappa shape index (κ1) is 57.5. The van der Waals surface area contributed by atoms with Gasteiger partial charge in [0, 0.05) is 44.8 Å². The molecule has 0 aliphatic carbocycles.